The minimum Gasteiger partial charge on any atom is -0.463 e. The summed E-state index contributed by atoms with van der Waals surface area (Å²) in [5, 5.41) is 0. The van der Waals surface area contributed by atoms with Crippen molar-refractivity contribution >= 4 is 5.97 Å². The Morgan fingerprint density at radius 3 is 2.87 bits per heavy atom. The largest absolute Gasteiger partial charge is 0.463 e. The molecule has 4 nitrogen and oxygen atoms in total. The maximum Gasteiger partial charge on any atom is 0.306 e. The van der Waals surface area contributed by atoms with Gasteiger partial charge in [0.15, 0.2) is 0 Å². The first kappa shape index (κ1) is 11.8. The van der Waals surface area contributed by atoms with Crippen molar-refractivity contribution in [1.82, 2.24) is 9.55 Å². The molecule has 0 aromatic carbocycles. The Morgan fingerprint density at radius 1 is 1.47 bits per heavy atom. The SMILES string of the molecule is CC(C)OC(=O)CCCCn1ccnc1. The number of aromatic nitrogens is 2. The lowest BCUT2D eigenvalue weighted by Crippen LogP contribution is -2.11. The van der Waals surface area contributed by atoms with E-state index in [1.807, 2.05) is 24.6 Å². The fourth-order valence-electron chi connectivity index (χ4n) is 1.30. The standard InChI is InChI=1S/C11H18N2O2/c1-10(2)15-11(14)5-3-4-7-13-8-6-12-9-13/h6,8-10H,3-5,7H2,1-2H3. The van der Waals surface area contributed by atoms with Crippen LogP contribution >= 0.6 is 0 Å². The van der Waals surface area contributed by atoms with Crippen molar-refractivity contribution in [3.8, 4) is 0 Å². The number of rotatable bonds is 6. The summed E-state index contributed by atoms with van der Waals surface area (Å²) >= 11 is 0. The third kappa shape index (κ3) is 5.20. The molecule has 0 atom stereocenters. The zero-order chi connectivity index (χ0) is 11.1. The Labute approximate surface area is 90.3 Å². The first-order valence-electron chi connectivity index (χ1n) is 5.33. The zero-order valence-electron chi connectivity index (χ0n) is 9.35. The van der Waals surface area contributed by atoms with Crippen molar-refractivity contribution in [2.24, 2.45) is 0 Å². The first-order valence-corrected chi connectivity index (χ1v) is 5.33. The number of unbranched alkanes of at least 4 members (excludes halogenated alkanes) is 1. The molecule has 15 heavy (non-hydrogen) atoms. The topological polar surface area (TPSA) is 44.1 Å². The van der Waals surface area contributed by atoms with Crippen LogP contribution < -0.4 is 0 Å². The van der Waals surface area contributed by atoms with Crippen molar-refractivity contribution in [3.05, 3.63) is 18.7 Å². The minimum atomic E-state index is -0.101. The van der Waals surface area contributed by atoms with Crippen LogP contribution in [0.15, 0.2) is 18.7 Å². The van der Waals surface area contributed by atoms with Crippen LogP contribution in [0.1, 0.15) is 33.1 Å². The number of carbonyl (C=O) groups excluding carboxylic acids is 1. The highest BCUT2D eigenvalue weighted by Gasteiger charge is 2.04. The molecule has 0 aliphatic carbocycles. The Morgan fingerprint density at radius 2 is 2.27 bits per heavy atom. The van der Waals surface area contributed by atoms with Gasteiger partial charge in [-0.2, -0.15) is 0 Å². The Hall–Kier alpha value is -1.32. The van der Waals surface area contributed by atoms with Gasteiger partial charge in [0.1, 0.15) is 0 Å². The molecular weight excluding hydrogens is 192 g/mol. The molecule has 0 unspecified atom stereocenters. The van der Waals surface area contributed by atoms with E-state index in [-0.39, 0.29) is 12.1 Å². The lowest BCUT2D eigenvalue weighted by molar-refractivity contribution is -0.147. The van der Waals surface area contributed by atoms with E-state index in [9.17, 15) is 4.79 Å². The van der Waals surface area contributed by atoms with E-state index in [0.29, 0.717) is 6.42 Å². The summed E-state index contributed by atoms with van der Waals surface area (Å²) in [7, 11) is 0. The van der Waals surface area contributed by atoms with Crippen LogP contribution in [0.2, 0.25) is 0 Å². The molecule has 0 saturated carbocycles. The van der Waals surface area contributed by atoms with Gasteiger partial charge in [0.2, 0.25) is 0 Å². The molecule has 1 rings (SSSR count). The highest BCUT2D eigenvalue weighted by Crippen LogP contribution is 2.02. The van der Waals surface area contributed by atoms with E-state index in [1.54, 1.807) is 12.5 Å². The molecule has 0 spiro atoms. The molecule has 0 aliphatic heterocycles. The van der Waals surface area contributed by atoms with Crippen LogP contribution in [0.5, 0.6) is 0 Å². The van der Waals surface area contributed by atoms with Crippen molar-refractivity contribution in [2.75, 3.05) is 0 Å². The lowest BCUT2D eigenvalue weighted by atomic mass is 10.2. The highest BCUT2D eigenvalue weighted by molar-refractivity contribution is 5.69. The second-order valence-electron chi connectivity index (χ2n) is 3.80. The van der Waals surface area contributed by atoms with Gasteiger partial charge in [-0.1, -0.05) is 0 Å². The Balaban J connectivity index is 2.04. The molecule has 84 valence electrons. The van der Waals surface area contributed by atoms with Crippen LogP contribution in [-0.2, 0) is 16.1 Å². The number of esters is 1. The molecule has 0 aliphatic rings. The number of nitrogens with zero attached hydrogens (tertiary/aromatic N) is 2. The third-order valence-corrected chi connectivity index (χ3v) is 1.97. The normalized spacial score (nSPS) is 10.6. The van der Waals surface area contributed by atoms with Crippen LogP contribution in [0.4, 0.5) is 0 Å². The predicted molar refractivity (Wildman–Crippen MR) is 57.3 cm³/mol. The molecule has 0 saturated heterocycles. The van der Waals surface area contributed by atoms with E-state index in [2.05, 4.69) is 4.98 Å². The quantitative estimate of drug-likeness (QED) is 0.533. The number of imidazole rings is 1. The third-order valence-electron chi connectivity index (χ3n) is 1.97. The predicted octanol–water partition coefficient (Wildman–Crippen LogP) is 2.00. The number of hydrogen-bond acceptors (Lipinski definition) is 3. The Kier molecular flexibility index (Phi) is 4.87. The number of aryl methyl sites for hydroxylation is 1. The molecule has 4 heteroatoms. The van der Waals surface area contributed by atoms with Gasteiger partial charge in [0.25, 0.3) is 0 Å². The lowest BCUT2D eigenvalue weighted by Gasteiger charge is -2.07. The summed E-state index contributed by atoms with van der Waals surface area (Å²) < 4.78 is 7.04. The van der Waals surface area contributed by atoms with Gasteiger partial charge >= 0.3 is 5.97 Å². The fraction of sp³-hybridized carbons (Fsp3) is 0.636. The van der Waals surface area contributed by atoms with Crippen LogP contribution in [0.25, 0.3) is 0 Å². The van der Waals surface area contributed by atoms with Crippen LogP contribution in [0.3, 0.4) is 0 Å². The molecule has 1 aromatic heterocycles. The molecule has 1 aromatic rings. The van der Waals surface area contributed by atoms with E-state index in [0.717, 1.165) is 19.4 Å². The van der Waals surface area contributed by atoms with Gasteiger partial charge in [-0.3, -0.25) is 4.79 Å². The number of carbonyl (C=O) groups is 1. The first-order chi connectivity index (χ1) is 7.18. The van der Waals surface area contributed by atoms with E-state index in [1.165, 1.54) is 0 Å². The number of hydrogen-bond donors (Lipinski definition) is 0. The monoisotopic (exact) mass is 210 g/mol. The van der Waals surface area contributed by atoms with Crippen molar-refractivity contribution in [2.45, 2.75) is 45.8 Å². The van der Waals surface area contributed by atoms with Gasteiger partial charge in [0.05, 0.1) is 12.4 Å². The van der Waals surface area contributed by atoms with Crippen molar-refractivity contribution in [3.63, 3.8) is 0 Å². The summed E-state index contributed by atoms with van der Waals surface area (Å²) in [5.74, 6) is -0.101. The van der Waals surface area contributed by atoms with Gasteiger partial charge in [-0.15, -0.1) is 0 Å². The van der Waals surface area contributed by atoms with Gasteiger partial charge < -0.3 is 9.30 Å². The van der Waals surface area contributed by atoms with Crippen molar-refractivity contribution in [1.29, 1.82) is 0 Å². The second kappa shape index (κ2) is 6.22. The molecular formula is C11H18N2O2. The molecule has 0 fully saturated rings. The molecule has 0 amide bonds. The van der Waals surface area contributed by atoms with Crippen molar-refractivity contribution < 1.29 is 9.53 Å². The second-order valence-corrected chi connectivity index (χ2v) is 3.80. The maximum absolute atomic E-state index is 11.2. The summed E-state index contributed by atoms with van der Waals surface area (Å²) in [6, 6.07) is 0. The smallest absolute Gasteiger partial charge is 0.306 e. The van der Waals surface area contributed by atoms with Gasteiger partial charge in [-0.05, 0) is 26.7 Å². The summed E-state index contributed by atoms with van der Waals surface area (Å²) in [6.07, 6.45) is 7.80. The molecule has 0 radical (unpaired) electrons. The van der Waals surface area contributed by atoms with E-state index >= 15 is 0 Å². The minimum absolute atomic E-state index is 0.00820. The highest BCUT2D eigenvalue weighted by atomic mass is 16.5. The van der Waals surface area contributed by atoms with E-state index < -0.39 is 0 Å². The summed E-state index contributed by atoms with van der Waals surface area (Å²) in [4.78, 5) is 15.1. The van der Waals surface area contributed by atoms with E-state index in [4.69, 9.17) is 4.74 Å². The molecule has 1 heterocycles. The average Bonchev–Trinajstić information content (AvgIpc) is 2.63. The van der Waals surface area contributed by atoms with Gasteiger partial charge in [0, 0.05) is 25.4 Å². The molecule has 0 N–H and O–H groups in total. The van der Waals surface area contributed by atoms with Gasteiger partial charge in [-0.25, -0.2) is 4.98 Å². The average molecular weight is 210 g/mol. The molecule has 0 bridgehead atoms. The summed E-state index contributed by atoms with van der Waals surface area (Å²) in [5.41, 5.74) is 0. The van der Waals surface area contributed by atoms with Crippen LogP contribution in [-0.4, -0.2) is 21.6 Å². The summed E-state index contributed by atoms with van der Waals surface area (Å²) in [6.45, 7) is 4.64. The Bertz CT molecular complexity index is 281. The van der Waals surface area contributed by atoms with Crippen LogP contribution in [0, 0.1) is 0 Å². The number of ether oxygens (including phenoxy) is 1. The fourth-order valence-corrected chi connectivity index (χ4v) is 1.30. The zero-order valence-corrected chi connectivity index (χ0v) is 9.35. The maximum atomic E-state index is 11.2.